The van der Waals surface area contributed by atoms with Crippen LogP contribution in [0.2, 0.25) is 0 Å². The summed E-state index contributed by atoms with van der Waals surface area (Å²) < 4.78 is 101. The molecule has 4 atom stereocenters. The Morgan fingerprint density at radius 3 is 2.26 bits per heavy atom. The van der Waals surface area contributed by atoms with Gasteiger partial charge in [-0.05, 0) is 93.5 Å². The van der Waals surface area contributed by atoms with E-state index in [1.165, 1.54) is 31.0 Å². The molecule has 0 radical (unpaired) electrons. The second-order valence-electron chi connectivity index (χ2n) is 12.5. The highest BCUT2D eigenvalue weighted by Gasteiger charge is 2.56. The molecule has 1 spiro atoms. The van der Waals surface area contributed by atoms with Crippen molar-refractivity contribution in [1.82, 2.24) is 14.7 Å². The molecule has 0 aromatic heterocycles. The molecular formula is C31H36F7N3O2. The molecule has 3 aliphatic rings. The Bertz CT molecular complexity index is 1350. The van der Waals surface area contributed by atoms with Crippen LogP contribution in [0.25, 0.3) is 0 Å². The van der Waals surface area contributed by atoms with E-state index in [0.29, 0.717) is 50.3 Å². The molecule has 3 heterocycles. The molecule has 1 unspecified atom stereocenters. The van der Waals surface area contributed by atoms with Crippen molar-refractivity contribution in [3.63, 3.8) is 0 Å². The number of hydrogen-bond acceptors (Lipinski definition) is 3. The van der Waals surface area contributed by atoms with Gasteiger partial charge in [0.2, 0.25) is 0 Å². The molecule has 3 saturated heterocycles. The van der Waals surface area contributed by atoms with Gasteiger partial charge in [-0.2, -0.15) is 26.3 Å². The van der Waals surface area contributed by atoms with E-state index >= 15 is 0 Å². The van der Waals surface area contributed by atoms with Gasteiger partial charge in [-0.1, -0.05) is 6.07 Å². The maximum absolute atomic E-state index is 14.1. The highest BCUT2D eigenvalue weighted by atomic mass is 19.4. The number of ether oxygens (including phenoxy) is 1. The number of urea groups is 1. The fourth-order valence-corrected chi connectivity index (χ4v) is 7.31. The lowest BCUT2D eigenvalue weighted by molar-refractivity contribution is -0.143. The lowest BCUT2D eigenvalue weighted by atomic mass is 9.78. The van der Waals surface area contributed by atoms with Gasteiger partial charge in [-0.15, -0.1) is 0 Å². The van der Waals surface area contributed by atoms with E-state index in [0.717, 1.165) is 24.9 Å². The molecule has 2 aromatic rings. The standard InChI is InChI=1S/C31H36F7N3O2/c1-19-13-24(32)5-6-25(19)26-17-29(8-7-28(3)18-43-12-11-41(28)29)9-10-40(26)27(42)39(4)20(2)21-14-22(30(33,34)35)16-23(15-21)31(36,37)38/h5-6,13-16,20,26H,7-12,17-18H2,1-4H3/t20?,26-,28-,29+/m1/s1. The Labute approximate surface area is 246 Å². The number of carbonyl (C=O) groups is 1. The van der Waals surface area contributed by atoms with Crippen molar-refractivity contribution in [2.45, 2.75) is 82.0 Å². The minimum absolute atomic E-state index is 0.0798. The second-order valence-corrected chi connectivity index (χ2v) is 12.5. The van der Waals surface area contributed by atoms with Gasteiger partial charge in [0.25, 0.3) is 0 Å². The Balaban J connectivity index is 1.49. The summed E-state index contributed by atoms with van der Waals surface area (Å²) in [6, 6.07) is 3.70. The molecule has 5 nitrogen and oxygen atoms in total. The molecular weight excluding hydrogens is 579 g/mol. The number of amides is 2. The summed E-state index contributed by atoms with van der Waals surface area (Å²) in [4.78, 5) is 19.4. The van der Waals surface area contributed by atoms with Crippen molar-refractivity contribution in [1.29, 1.82) is 0 Å². The Kier molecular flexibility index (Phi) is 8.03. The van der Waals surface area contributed by atoms with Crippen molar-refractivity contribution in [3.05, 3.63) is 70.0 Å². The van der Waals surface area contributed by atoms with E-state index in [1.807, 2.05) is 0 Å². The minimum Gasteiger partial charge on any atom is -0.378 e. The van der Waals surface area contributed by atoms with Crippen LogP contribution in [-0.4, -0.2) is 65.2 Å². The van der Waals surface area contributed by atoms with Crippen molar-refractivity contribution >= 4 is 6.03 Å². The zero-order chi connectivity index (χ0) is 31.5. The van der Waals surface area contributed by atoms with Gasteiger partial charge in [-0.3, -0.25) is 4.90 Å². The molecule has 2 amide bonds. The van der Waals surface area contributed by atoms with Crippen LogP contribution in [0, 0.1) is 12.7 Å². The molecule has 236 valence electrons. The Hall–Kier alpha value is -2.86. The number of morpholine rings is 1. The van der Waals surface area contributed by atoms with E-state index in [9.17, 15) is 35.5 Å². The number of benzene rings is 2. The average Bonchev–Trinajstić information content (AvgIpc) is 3.22. The fourth-order valence-electron chi connectivity index (χ4n) is 7.31. The first kappa shape index (κ1) is 31.6. The Morgan fingerprint density at radius 2 is 1.65 bits per heavy atom. The minimum atomic E-state index is -5.00. The number of carbonyl (C=O) groups excluding carboxylic acids is 1. The number of aryl methyl sites for hydroxylation is 1. The van der Waals surface area contributed by atoms with Crippen LogP contribution < -0.4 is 0 Å². The summed E-state index contributed by atoms with van der Waals surface area (Å²) in [5.41, 5.74) is -2.09. The molecule has 0 aliphatic carbocycles. The first-order valence-corrected chi connectivity index (χ1v) is 14.4. The van der Waals surface area contributed by atoms with Gasteiger partial charge in [0.05, 0.1) is 36.4 Å². The molecule has 5 rings (SSSR count). The largest absolute Gasteiger partial charge is 0.416 e. The number of nitrogens with zero attached hydrogens (tertiary/aromatic N) is 3. The third-order valence-corrected chi connectivity index (χ3v) is 9.80. The first-order chi connectivity index (χ1) is 19.9. The Morgan fingerprint density at radius 1 is 1.00 bits per heavy atom. The lowest BCUT2D eigenvalue weighted by Gasteiger charge is -2.54. The quantitative estimate of drug-likeness (QED) is 0.332. The fraction of sp³-hybridized carbons (Fsp3) is 0.581. The lowest BCUT2D eigenvalue weighted by Crippen LogP contribution is -2.62. The molecule has 43 heavy (non-hydrogen) atoms. The molecule has 2 aromatic carbocycles. The maximum atomic E-state index is 14.1. The van der Waals surface area contributed by atoms with Gasteiger partial charge < -0.3 is 14.5 Å². The molecule has 0 saturated carbocycles. The number of piperidine rings is 1. The van der Waals surface area contributed by atoms with Crippen LogP contribution in [0.1, 0.15) is 79.4 Å². The summed E-state index contributed by atoms with van der Waals surface area (Å²) >= 11 is 0. The van der Waals surface area contributed by atoms with E-state index in [4.69, 9.17) is 4.74 Å². The predicted molar refractivity (Wildman–Crippen MR) is 146 cm³/mol. The number of likely N-dealkylation sites (tertiary alicyclic amines) is 1. The average molecular weight is 616 g/mol. The highest BCUT2D eigenvalue weighted by molar-refractivity contribution is 5.75. The molecule has 3 aliphatic heterocycles. The van der Waals surface area contributed by atoms with Crippen molar-refractivity contribution < 1.29 is 40.3 Å². The van der Waals surface area contributed by atoms with Gasteiger partial charge in [0.1, 0.15) is 5.82 Å². The summed E-state index contributed by atoms with van der Waals surface area (Å²) in [7, 11) is 1.38. The van der Waals surface area contributed by atoms with Gasteiger partial charge in [0, 0.05) is 31.2 Å². The van der Waals surface area contributed by atoms with Crippen LogP contribution in [0.5, 0.6) is 0 Å². The molecule has 3 fully saturated rings. The van der Waals surface area contributed by atoms with Gasteiger partial charge >= 0.3 is 18.4 Å². The van der Waals surface area contributed by atoms with Crippen LogP contribution >= 0.6 is 0 Å². The first-order valence-electron chi connectivity index (χ1n) is 14.4. The zero-order valence-corrected chi connectivity index (χ0v) is 24.6. The molecule has 0 N–H and O–H groups in total. The summed E-state index contributed by atoms with van der Waals surface area (Å²) in [5.74, 6) is -0.415. The van der Waals surface area contributed by atoms with Crippen LogP contribution in [-0.2, 0) is 17.1 Å². The second kappa shape index (κ2) is 10.9. The number of halogens is 7. The smallest absolute Gasteiger partial charge is 0.378 e. The maximum Gasteiger partial charge on any atom is 0.416 e. The van der Waals surface area contributed by atoms with Gasteiger partial charge in [0.15, 0.2) is 0 Å². The van der Waals surface area contributed by atoms with E-state index in [1.54, 1.807) is 17.9 Å². The normalized spacial score (nSPS) is 27.3. The number of alkyl halides is 6. The highest BCUT2D eigenvalue weighted by Crippen LogP contribution is 2.52. The van der Waals surface area contributed by atoms with Gasteiger partial charge in [-0.25, -0.2) is 9.18 Å². The SMILES string of the molecule is Cc1cc(F)ccc1[C@H]1C[C@@]2(CCN1C(=O)N(C)C(C)c1cc(C(F)(F)F)cc(C(F)(F)F)c1)CC[C@]1(C)COCCN12. The summed E-state index contributed by atoms with van der Waals surface area (Å²) in [5, 5.41) is 0. The molecule has 12 heteroatoms. The summed E-state index contributed by atoms with van der Waals surface area (Å²) in [6.45, 7) is 7.62. The number of fused-ring (bicyclic) bond motifs is 2. The third kappa shape index (κ3) is 5.84. The summed E-state index contributed by atoms with van der Waals surface area (Å²) in [6.07, 6.45) is -6.98. The molecule has 0 bridgehead atoms. The number of hydrogen-bond donors (Lipinski definition) is 0. The van der Waals surface area contributed by atoms with Crippen LogP contribution in [0.4, 0.5) is 35.5 Å². The van der Waals surface area contributed by atoms with Crippen molar-refractivity contribution in [2.75, 3.05) is 33.4 Å². The topological polar surface area (TPSA) is 36.0 Å². The predicted octanol–water partition coefficient (Wildman–Crippen LogP) is 7.75. The van der Waals surface area contributed by atoms with E-state index < -0.39 is 47.4 Å². The van der Waals surface area contributed by atoms with Crippen LogP contribution in [0.3, 0.4) is 0 Å². The number of rotatable bonds is 3. The van der Waals surface area contributed by atoms with E-state index in [-0.39, 0.29) is 22.7 Å². The monoisotopic (exact) mass is 615 g/mol. The third-order valence-electron chi connectivity index (χ3n) is 9.80. The zero-order valence-electron chi connectivity index (χ0n) is 24.6. The van der Waals surface area contributed by atoms with Crippen molar-refractivity contribution in [3.8, 4) is 0 Å². The van der Waals surface area contributed by atoms with Crippen LogP contribution in [0.15, 0.2) is 36.4 Å². The van der Waals surface area contributed by atoms with Crippen molar-refractivity contribution in [2.24, 2.45) is 0 Å². The van der Waals surface area contributed by atoms with E-state index in [2.05, 4.69) is 11.8 Å².